The first-order valence-corrected chi connectivity index (χ1v) is 7.94. The Morgan fingerprint density at radius 1 is 1.56 bits per heavy atom. The van der Waals surface area contributed by atoms with Crippen molar-refractivity contribution in [2.45, 2.75) is 44.3 Å². The largest absolute Gasteiger partial charge is 0.387 e. The van der Waals surface area contributed by atoms with E-state index in [2.05, 4.69) is 22.1 Å². The van der Waals surface area contributed by atoms with Gasteiger partial charge in [0.25, 0.3) is 5.56 Å². The first kappa shape index (κ1) is 17.4. The van der Waals surface area contributed by atoms with Crippen molar-refractivity contribution < 1.29 is 19.4 Å². The van der Waals surface area contributed by atoms with Crippen molar-refractivity contribution in [3.63, 3.8) is 0 Å². The lowest BCUT2D eigenvalue weighted by molar-refractivity contribution is -0.175. The fourth-order valence-electron chi connectivity index (χ4n) is 3.04. The average molecular weight is 349 g/mol. The summed E-state index contributed by atoms with van der Waals surface area (Å²) in [6, 6.07) is 0. The van der Waals surface area contributed by atoms with Gasteiger partial charge in [-0.1, -0.05) is 18.8 Å². The van der Waals surface area contributed by atoms with Crippen LogP contribution in [-0.4, -0.2) is 51.5 Å². The predicted molar refractivity (Wildman–Crippen MR) is 85.8 cm³/mol. The Morgan fingerprint density at radius 2 is 2.32 bits per heavy atom. The Kier molecular flexibility index (Phi) is 4.51. The van der Waals surface area contributed by atoms with Crippen molar-refractivity contribution in [2.75, 3.05) is 13.2 Å². The van der Waals surface area contributed by atoms with Crippen LogP contribution in [0.15, 0.2) is 15.8 Å². The van der Waals surface area contributed by atoms with Gasteiger partial charge in [-0.05, 0) is 6.42 Å². The number of nitrogens with one attached hydrogen (secondary N) is 2. The lowest BCUT2D eigenvalue weighted by atomic mass is 9.96. The number of H-pyrrole nitrogens is 1. The molecular weight excluding hydrogens is 330 g/mol. The normalized spacial score (nSPS) is 30.0. The second-order valence-corrected chi connectivity index (χ2v) is 6.07. The van der Waals surface area contributed by atoms with E-state index in [0.29, 0.717) is 6.42 Å². The number of hydrogen-bond donors (Lipinski definition) is 3. The van der Waals surface area contributed by atoms with Gasteiger partial charge in [-0.15, -0.1) is 0 Å². The fraction of sp³-hybridized carbons (Fsp3) is 0.562. The number of aromatic amines is 1. The third kappa shape index (κ3) is 3.00. The van der Waals surface area contributed by atoms with Crippen molar-refractivity contribution in [3.8, 4) is 11.8 Å². The highest BCUT2D eigenvalue weighted by atomic mass is 16.6. The van der Waals surface area contributed by atoms with E-state index < -0.39 is 35.3 Å². The Morgan fingerprint density at radius 3 is 2.96 bits per heavy atom. The standard InChI is InChI=1S/C16H19N3O6/c1-3-16-8-24-11(12(16)21)14(25-16)19-7-10(13(22)18-15(19)23)5-4-6-17-9(2)20/h7,11-12,14,21H,3,6,8H2,1-2H3,(H,17,20)(H,18,22,23)/t11?,12-,14-,16+/m1/s1. The molecule has 2 aliphatic rings. The Hall–Kier alpha value is -2.41. The molecule has 0 radical (unpaired) electrons. The molecule has 0 spiro atoms. The van der Waals surface area contributed by atoms with E-state index in [4.69, 9.17) is 9.47 Å². The van der Waals surface area contributed by atoms with E-state index in [1.165, 1.54) is 17.7 Å². The number of aliphatic hydroxyl groups excluding tert-OH is 1. The van der Waals surface area contributed by atoms with E-state index in [1.54, 1.807) is 0 Å². The first-order valence-electron chi connectivity index (χ1n) is 7.94. The minimum Gasteiger partial charge on any atom is -0.387 e. The summed E-state index contributed by atoms with van der Waals surface area (Å²) in [7, 11) is 0. The van der Waals surface area contributed by atoms with E-state index in [-0.39, 0.29) is 24.6 Å². The summed E-state index contributed by atoms with van der Waals surface area (Å²) >= 11 is 0. The van der Waals surface area contributed by atoms with Gasteiger partial charge in [0, 0.05) is 13.1 Å². The molecule has 25 heavy (non-hydrogen) atoms. The maximum Gasteiger partial charge on any atom is 0.330 e. The lowest BCUT2D eigenvalue weighted by Crippen LogP contribution is -2.41. The minimum absolute atomic E-state index is 0.0522. The molecule has 2 bridgehead atoms. The summed E-state index contributed by atoms with van der Waals surface area (Å²) in [5.74, 6) is 5.01. The zero-order valence-corrected chi connectivity index (χ0v) is 13.9. The fourth-order valence-corrected chi connectivity index (χ4v) is 3.04. The molecule has 0 aliphatic carbocycles. The van der Waals surface area contributed by atoms with Gasteiger partial charge >= 0.3 is 5.69 Å². The average Bonchev–Trinajstić information content (AvgIpc) is 3.03. The Balaban J connectivity index is 1.91. The number of amides is 1. The maximum absolute atomic E-state index is 12.2. The summed E-state index contributed by atoms with van der Waals surface area (Å²) in [6.07, 6.45) is -0.571. The van der Waals surface area contributed by atoms with E-state index in [0.717, 1.165) is 0 Å². The van der Waals surface area contributed by atoms with Gasteiger partial charge in [-0.3, -0.25) is 19.1 Å². The van der Waals surface area contributed by atoms with Crippen LogP contribution in [0.4, 0.5) is 0 Å². The monoisotopic (exact) mass is 349 g/mol. The summed E-state index contributed by atoms with van der Waals surface area (Å²) in [5.41, 5.74) is -2.10. The molecule has 1 aromatic heterocycles. The van der Waals surface area contributed by atoms with Gasteiger partial charge in [-0.25, -0.2) is 4.79 Å². The molecule has 9 nitrogen and oxygen atoms in total. The SMILES string of the molecule is CC[C@@]12COC([C@H](n3cc(C#CCNC(C)=O)c(=O)[nH]c3=O)O1)[C@H]2O. The lowest BCUT2D eigenvalue weighted by Gasteiger charge is -2.30. The summed E-state index contributed by atoms with van der Waals surface area (Å²) in [6.45, 7) is 3.56. The molecule has 1 aromatic rings. The van der Waals surface area contributed by atoms with E-state index >= 15 is 0 Å². The molecule has 3 N–H and O–H groups in total. The maximum atomic E-state index is 12.2. The van der Waals surface area contributed by atoms with Crippen LogP contribution in [0.5, 0.6) is 0 Å². The van der Waals surface area contributed by atoms with Crippen molar-refractivity contribution in [1.29, 1.82) is 0 Å². The van der Waals surface area contributed by atoms with Crippen LogP contribution in [-0.2, 0) is 14.3 Å². The molecule has 0 saturated carbocycles. The van der Waals surface area contributed by atoms with Crippen LogP contribution in [0, 0.1) is 11.8 Å². The summed E-state index contributed by atoms with van der Waals surface area (Å²) < 4.78 is 12.6. The molecule has 1 unspecified atom stereocenters. The van der Waals surface area contributed by atoms with Crippen LogP contribution >= 0.6 is 0 Å². The van der Waals surface area contributed by atoms with Gasteiger partial charge in [0.1, 0.15) is 23.4 Å². The van der Waals surface area contributed by atoms with Crippen LogP contribution in [0.3, 0.4) is 0 Å². The number of aromatic nitrogens is 2. The quantitative estimate of drug-likeness (QED) is 0.569. The molecule has 2 saturated heterocycles. The van der Waals surface area contributed by atoms with Crippen LogP contribution in [0.1, 0.15) is 32.1 Å². The predicted octanol–water partition coefficient (Wildman–Crippen LogP) is -1.54. The van der Waals surface area contributed by atoms with E-state index in [1.807, 2.05) is 6.92 Å². The van der Waals surface area contributed by atoms with Crippen LogP contribution < -0.4 is 16.6 Å². The third-order valence-corrected chi connectivity index (χ3v) is 4.50. The van der Waals surface area contributed by atoms with Crippen LogP contribution in [0.25, 0.3) is 0 Å². The van der Waals surface area contributed by atoms with Gasteiger partial charge in [0.15, 0.2) is 6.23 Å². The van der Waals surface area contributed by atoms with Gasteiger partial charge < -0.3 is 19.9 Å². The highest BCUT2D eigenvalue weighted by Crippen LogP contribution is 2.46. The highest BCUT2D eigenvalue weighted by Gasteiger charge is 2.60. The molecule has 0 aromatic carbocycles. The summed E-state index contributed by atoms with van der Waals surface area (Å²) in [5, 5.41) is 12.8. The van der Waals surface area contributed by atoms with Crippen LogP contribution in [0.2, 0.25) is 0 Å². The zero-order chi connectivity index (χ0) is 18.2. The molecule has 2 aliphatic heterocycles. The molecule has 134 valence electrons. The van der Waals surface area contributed by atoms with Gasteiger partial charge in [0.05, 0.1) is 13.2 Å². The molecule has 1 amide bonds. The highest BCUT2D eigenvalue weighted by molar-refractivity contribution is 5.73. The molecule has 2 fully saturated rings. The Labute approximate surface area is 143 Å². The minimum atomic E-state index is -0.851. The molecule has 9 heteroatoms. The number of fused-ring (bicyclic) bond motifs is 2. The third-order valence-electron chi connectivity index (χ3n) is 4.50. The summed E-state index contributed by atoms with van der Waals surface area (Å²) in [4.78, 5) is 37.1. The molecule has 3 rings (SSSR count). The van der Waals surface area contributed by atoms with Crippen molar-refractivity contribution in [2.24, 2.45) is 0 Å². The van der Waals surface area contributed by atoms with Gasteiger partial charge in [0.2, 0.25) is 5.91 Å². The number of carbonyl (C=O) groups is 1. The molecule has 3 heterocycles. The number of nitrogens with zero attached hydrogens (tertiary/aromatic N) is 1. The smallest absolute Gasteiger partial charge is 0.330 e. The van der Waals surface area contributed by atoms with E-state index in [9.17, 15) is 19.5 Å². The molecule has 4 atom stereocenters. The molecular formula is C16H19N3O6. The van der Waals surface area contributed by atoms with Crippen molar-refractivity contribution >= 4 is 5.91 Å². The first-order chi connectivity index (χ1) is 11.9. The number of rotatable bonds is 3. The number of carbonyl (C=O) groups excluding carboxylic acids is 1. The Bertz CT molecular complexity index is 863. The van der Waals surface area contributed by atoms with Crippen molar-refractivity contribution in [3.05, 3.63) is 32.6 Å². The topological polar surface area (TPSA) is 123 Å². The second-order valence-electron chi connectivity index (χ2n) is 6.07. The van der Waals surface area contributed by atoms with Gasteiger partial charge in [-0.2, -0.15) is 0 Å². The second kappa shape index (κ2) is 6.48. The number of ether oxygens (including phenoxy) is 2. The number of aliphatic hydroxyl groups is 1. The zero-order valence-electron chi connectivity index (χ0n) is 13.9. The van der Waals surface area contributed by atoms with Crippen molar-refractivity contribution in [1.82, 2.24) is 14.9 Å². The number of hydrogen-bond acceptors (Lipinski definition) is 6.